The zero-order chi connectivity index (χ0) is 19.2. The van der Waals surface area contributed by atoms with Gasteiger partial charge in [-0.25, -0.2) is 0 Å². The highest BCUT2D eigenvalue weighted by atomic mass is 16.5. The number of nitrogens with zero attached hydrogens (tertiary/aromatic N) is 1. The number of benzene rings is 2. The van der Waals surface area contributed by atoms with Gasteiger partial charge >= 0.3 is 0 Å². The lowest BCUT2D eigenvalue weighted by Crippen LogP contribution is -2.34. The Hall–Kier alpha value is -1.96. The standard InChI is InChI=1S/C25H35NO/c1-5-8-12-20-18-23-25(26(14-7-3)15-16-27-23)24(22(20)10-6-2)21-13-9-11-19(4)17-21/h9,11,13,17-18H,5-8,10,12,14-16H2,1-4H3. The number of hydrogen-bond donors (Lipinski definition) is 0. The highest BCUT2D eigenvalue weighted by Gasteiger charge is 2.26. The molecular weight excluding hydrogens is 330 g/mol. The van der Waals surface area contributed by atoms with Crippen molar-refractivity contribution in [3.63, 3.8) is 0 Å². The Morgan fingerprint density at radius 1 is 1.00 bits per heavy atom. The van der Waals surface area contributed by atoms with Crippen LogP contribution < -0.4 is 9.64 Å². The van der Waals surface area contributed by atoms with Crippen LogP contribution in [0, 0.1) is 6.92 Å². The molecule has 0 spiro atoms. The van der Waals surface area contributed by atoms with Gasteiger partial charge in [-0.15, -0.1) is 0 Å². The van der Waals surface area contributed by atoms with E-state index in [9.17, 15) is 0 Å². The molecule has 0 saturated carbocycles. The Morgan fingerprint density at radius 2 is 1.85 bits per heavy atom. The number of ether oxygens (including phenoxy) is 1. The van der Waals surface area contributed by atoms with Crippen molar-refractivity contribution < 1.29 is 4.74 Å². The molecule has 0 atom stereocenters. The molecule has 2 aromatic rings. The van der Waals surface area contributed by atoms with Gasteiger partial charge in [0.05, 0.1) is 12.2 Å². The molecule has 2 nitrogen and oxygen atoms in total. The first-order valence-corrected chi connectivity index (χ1v) is 10.8. The molecule has 0 aromatic heterocycles. The van der Waals surface area contributed by atoms with Crippen LogP contribution in [0.4, 0.5) is 5.69 Å². The van der Waals surface area contributed by atoms with Crippen LogP contribution in [-0.2, 0) is 12.8 Å². The van der Waals surface area contributed by atoms with Crippen LogP contribution in [0.1, 0.15) is 63.1 Å². The summed E-state index contributed by atoms with van der Waals surface area (Å²) in [4.78, 5) is 2.55. The number of fused-ring (bicyclic) bond motifs is 1. The second-order valence-corrected chi connectivity index (χ2v) is 7.79. The molecule has 1 heterocycles. The predicted molar refractivity (Wildman–Crippen MR) is 117 cm³/mol. The number of unbranched alkanes of at least 4 members (excludes halogenated alkanes) is 1. The van der Waals surface area contributed by atoms with Crippen LogP contribution in [0.2, 0.25) is 0 Å². The van der Waals surface area contributed by atoms with E-state index in [0.717, 1.165) is 44.7 Å². The van der Waals surface area contributed by atoms with E-state index < -0.39 is 0 Å². The van der Waals surface area contributed by atoms with Crippen LogP contribution >= 0.6 is 0 Å². The first-order valence-electron chi connectivity index (χ1n) is 10.8. The smallest absolute Gasteiger partial charge is 0.143 e. The van der Waals surface area contributed by atoms with Gasteiger partial charge in [-0.05, 0) is 55.4 Å². The second-order valence-electron chi connectivity index (χ2n) is 7.79. The molecule has 2 aromatic carbocycles. The summed E-state index contributed by atoms with van der Waals surface area (Å²) in [7, 11) is 0. The fourth-order valence-electron chi connectivity index (χ4n) is 4.27. The van der Waals surface area contributed by atoms with E-state index in [1.54, 1.807) is 5.56 Å². The quantitative estimate of drug-likeness (QED) is 0.525. The van der Waals surface area contributed by atoms with Gasteiger partial charge in [-0.3, -0.25) is 0 Å². The minimum absolute atomic E-state index is 0.792. The Labute approximate surface area is 165 Å². The van der Waals surface area contributed by atoms with Crippen LogP contribution in [-0.4, -0.2) is 19.7 Å². The van der Waals surface area contributed by atoms with E-state index in [2.05, 4.69) is 62.9 Å². The van der Waals surface area contributed by atoms with Crippen molar-refractivity contribution in [2.24, 2.45) is 0 Å². The van der Waals surface area contributed by atoms with Crippen molar-refractivity contribution in [3.8, 4) is 16.9 Å². The van der Waals surface area contributed by atoms with Crippen LogP contribution in [0.5, 0.6) is 5.75 Å². The SMILES string of the molecule is CCCCc1cc2c(c(-c3cccc(C)c3)c1CCC)N(CCC)CCO2. The molecule has 0 amide bonds. The summed E-state index contributed by atoms with van der Waals surface area (Å²) >= 11 is 0. The number of anilines is 1. The Bertz CT molecular complexity index is 765. The predicted octanol–water partition coefficient (Wildman–Crippen LogP) is 6.57. The van der Waals surface area contributed by atoms with Crippen LogP contribution in [0.3, 0.4) is 0 Å². The zero-order valence-electron chi connectivity index (χ0n) is 17.6. The number of hydrogen-bond acceptors (Lipinski definition) is 2. The van der Waals surface area contributed by atoms with E-state index in [1.165, 1.54) is 47.2 Å². The highest BCUT2D eigenvalue weighted by Crippen LogP contribution is 2.45. The molecule has 3 rings (SSSR count). The van der Waals surface area contributed by atoms with E-state index in [-0.39, 0.29) is 0 Å². The van der Waals surface area contributed by atoms with Gasteiger partial charge in [0.1, 0.15) is 12.4 Å². The van der Waals surface area contributed by atoms with Crippen molar-refractivity contribution in [2.45, 2.75) is 66.2 Å². The van der Waals surface area contributed by atoms with Crippen molar-refractivity contribution in [2.75, 3.05) is 24.6 Å². The monoisotopic (exact) mass is 365 g/mol. The average molecular weight is 366 g/mol. The summed E-state index contributed by atoms with van der Waals surface area (Å²) in [6, 6.07) is 11.4. The highest BCUT2D eigenvalue weighted by molar-refractivity contribution is 5.87. The van der Waals surface area contributed by atoms with E-state index in [1.807, 2.05) is 0 Å². The van der Waals surface area contributed by atoms with E-state index in [0.29, 0.717) is 0 Å². The first-order chi connectivity index (χ1) is 13.2. The summed E-state index contributed by atoms with van der Waals surface area (Å²) in [6.07, 6.45) is 7.08. The zero-order valence-corrected chi connectivity index (χ0v) is 17.6. The molecule has 146 valence electrons. The third kappa shape index (κ3) is 4.31. The fraction of sp³-hybridized carbons (Fsp3) is 0.520. The number of rotatable bonds is 8. The van der Waals surface area contributed by atoms with E-state index in [4.69, 9.17) is 4.74 Å². The summed E-state index contributed by atoms with van der Waals surface area (Å²) in [6.45, 7) is 11.9. The van der Waals surface area contributed by atoms with Gasteiger partial charge in [0.2, 0.25) is 0 Å². The molecule has 27 heavy (non-hydrogen) atoms. The van der Waals surface area contributed by atoms with Crippen molar-refractivity contribution in [1.82, 2.24) is 0 Å². The molecule has 2 heteroatoms. The van der Waals surface area contributed by atoms with E-state index >= 15 is 0 Å². The molecule has 0 aliphatic carbocycles. The largest absolute Gasteiger partial charge is 0.490 e. The maximum atomic E-state index is 6.20. The Morgan fingerprint density at radius 3 is 2.56 bits per heavy atom. The third-order valence-corrected chi connectivity index (χ3v) is 5.50. The summed E-state index contributed by atoms with van der Waals surface area (Å²) in [5, 5.41) is 0. The molecule has 1 aliphatic heterocycles. The summed E-state index contributed by atoms with van der Waals surface area (Å²) < 4.78 is 6.20. The fourth-order valence-corrected chi connectivity index (χ4v) is 4.27. The minimum atomic E-state index is 0.792. The van der Waals surface area contributed by atoms with Crippen molar-refractivity contribution >= 4 is 5.69 Å². The van der Waals surface area contributed by atoms with Crippen molar-refractivity contribution in [3.05, 3.63) is 47.0 Å². The molecule has 0 N–H and O–H groups in total. The Kier molecular flexibility index (Phi) is 6.82. The van der Waals surface area contributed by atoms with Gasteiger partial charge in [-0.2, -0.15) is 0 Å². The van der Waals surface area contributed by atoms with Crippen LogP contribution in [0.15, 0.2) is 30.3 Å². The normalized spacial score (nSPS) is 13.4. The van der Waals surface area contributed by atoms with Crippen molar-refractivity contribution in [1.29, 1.82) is 0 Å². The number of aryl methyl sites for hydroxylation is 2. The molecule has 0 radical (unpaired) electrons. The average Bonchev–Trinajstić information content (AvgIpc) is 2.67. The molecule has 0 unspecified atom stereocenters. The van der Waals surface area contributed by atoms with Gasteiger partial charge in [0, 0.05) is 12.1 Å². The molecule has 1 aliphatic rings. The lowest BCUT2D eigenvalue weighted by molar-refractivity contribution is 0.307. The topological polar surface area (TPSA) is 12.5 Å². The summed E-state index contributed by atoms with van der Waals surface area (Å²) in [5.74, 6) is 1.09. The maximum Gasteiger partial charge on any atom is 0.143 e. The Balaban J connectivity index is 2.26. The van der Waals surface area contributed by atoms with Gasteiger partial charge in [-0.1, -0.05) is 63.4 Å². The lowest BCUT2D eigenvalue weighted by atomic mass is 9.87. The maximum absolute atomic E-state index is 6.20. The summed E-state index contributed by atoms with van der Waals surface area (Å²) in [5.41, 5.74) is 8.46. The lowest BCUT2D eigenvalue weighted by Gasteiger charge is -2.35. The van der Waals surface area contributed by atoms with Gasteiger partial charge < -0.3 is 9.64 Å². The molecule has 0 fully saturated rings. The second kappa shape index (κ2) is 9.30. The third-order valence-electron chi connectivity index (χ3n) is 5.50. The molecule has 0 saturated heterocycles. The van der Waals surface area contributed by atoms with Gasteiger partial charge in [0.25, 0.3) is 0 Å². The molecule has 0 bridgehead atoms. The first kappa shape index (κ1) is 19.8. The molecular formula is C25H35NO. The van der Waals surface area contributed by atoms with Crippen LogP contribution in [0.25, 0.3) is 11.1 Å². The van der Waals surface area contributed by atoms with Gasteiger partial charge in [0.15, 0.2) is 0 Å². The minimum Gasteiger partial charge on any atom is -0.490 e.